The maximum Gasteiger partial charge on any atom is 0.324 e. The minimum absolute atomic E-state index is 0.134. The van der Waals surface area contributed by atoms with Crippen molar-refractivity contribution < 1.29 is 35.6 Å². The van der Waals surface area contributed by atoms with Crippen LogP contribution in [0.3, 0.4) is 0 Å². The molecule has 0 aliphatic heterocycles. The van der Waals surface area contributed by atoms with E-state index in [2.05, 4.69) is 10.0 Å². The number of allylic oxidation sites excluding steroid dienone is 2. The summed E-state index contributed by atoms with van der Waals surface area (Å²) in [6.07, 6.45) is 4.53. The van der Waals surface area contributed by atoms with E-state index in [1.807, 2.05) is 30.3 Å². The Labute approximate surface area is 258 Å². The van der Waals surface area contributed by atoms with Gasteiger partial charge in [-0.1, -0.05) is 62.4 Å². The summed E-state index contributed by atoms with van der Waals surface area (Å²) in [5, 5.41) is 3.06. The van der Waals surface area contributed by atoms with Crippen LogP contribution in [-0.2, 0) is 29.6 Å². The Morgan fingerprint density at radius 2 is 1.75 bits per heavy atom. The first-order valence-electron chi connectivity index (χ1n) is 14.0. The zero-order valence-corrected chi connectivity index (χ0v) is 27.1. The summed E-state index contributed by atoms with van der Waals surface area (Å²) < 4.78 is 67.8. The van der Waals surface area contributed by atoms with E-state index in [1.165, 1.54) is 27.2 Å². The highest BCUT2D eigenvalue weighted by Gasteiger charge is 2.47. The van der Waals surface area contributed by atoms with E-state index in [1.54, 1.807) is 51.1 Å². The van der Waals surface area contributed by atoms with Gasteiger partial charge in [-0.3, -0.25) is 13.9 Å². The second kappa shape index (κ2) is 12.6. The average Bonchev–Trinajstić information content (AvgIpc) is 3.36. The van der Waals surface area contributed by atoms with Gasteiger partial charge in [-0.05, 0) is 49.1 Å². The Morgan fingerprint density at radius 1 is 1.07 bits per heavy atom. The lowest BCUT2D eigenvalue weighted by molar-refractivity contribution is -0.143. The molecule has 13 heteroatoms. The predicted molar refractivity (Wildman–Crippen MR) is 170 cm³/mol. The van der Waals surface area contributed by atoms with Gasteiger partial charge in [0, 0.05) is 24.4 Å². The molecule has 1 aliphatic rings. The molecule has 236 valence electrons. The highest BCUT2D eigenvalue weighted by molar-refractivity contribution is 7.92. The molecule has 0 saturated carbocycles. The Bertz CT molecular complexity index is 1840. The number of hydrogen-bond acceptors (Lipinski definition) is 8. The summed E-state index contributed by atoms with van der Waals surface area (Å²) in [7, 11) is -5.52. The molecular weight excluding hydrogens is 606 g/mol. The molecule has 2 atom stereocenters. The van der Waals surface area contributed by atoms with E-state index in [0.29, 0.717) is 16.6 Å². The van der Waals surface area contributed by atoms with Crippen LogP contribution in [0, 0.1) is 12.8 Å². The molecule has 0 fully saturated rings. The summed E-state index contributed by atoms with van der Waals surface area (Å²) >= 11 is 0. The van der Waals surface area contributed by atoms with E-state index < -0.39 is 48.8 Å². The minimum Gasteiger partial charge on any atom is -0.468 e. The number of fused-ring (bicyclic) bond motifs is 1. The number of ether oxygens (including phenoxy) is 1. The average molecular weight is 644 g/mol. The second-order valence-corrected chi connectivity index (χ2v) is 15.1. The van der Waals surface area contributed by atoms with Gasteiger partial charge in [-0.15, -0.1) is 0 Å². The van der Waals surface area contributed by atoms with E-state index >= 15 is 0 Å². The number of esters is 1. The number of hydrogen-bond donors (Lipinski definition) is 2. The lowest BCUT2D eigenvalue weighted by Crippen LogP contribution is -2.60. The van der Waals surface area contributed by atoms with Crippen molar-refractivity contribution >= 4 is 54.2 Å². The fourth-order valence-electron chi connectivity index (χ4n) is 5.03. The molecule has 0 radical (unpaired) electrons. The van der Waals surface area contributed by atoms with E-state index in [9.17, 15) is 26.4 Å². The number of furan rings is 1. The lowest BCUT2D eigenvalue weighted by Gasteiger charge is -2.34. The van der Waals surface area contributed by atoms with Crippen LogP contribution in [0.4, 0.5) is 5.69 Å². The highest BCUT2D eigenvalue weighted by Crippen LogP contribution is 2.36. The summed E-state index contributed by atoms with van der Waals surface area (Å²) in [5.74, 6) is -2.37. The third-order valence-corrected chi connectivity index (χ3v) is 11.4. The zero-order chi connectivity index (χ0) is 32.4. The first kappa shape index (κ1) is 33.0. The van der Waals surface area contributed by atoms with E-state index in [4.69, 9.17) is 9.15 Å². The smallest absolute Gasteiger partial charge is 0.324 e. The number of amides is 1. The van der Waals surface area contributed by atoms with Crippen molar-refractivity contribution in [3.05, 3.63) is 83.6 Å². The summed E-state index contributed by atoms with van der Waals surface area (Å²) in [6, 6.07) is 12.9. The van der Waals surface area contributed by atoms with Gasteiger partial charge in [0.25, 0.3) is 5.91 Å². The molecule has 1 aliphatic carbocycles. The normalized spacial score (nSPS) is 17.8. The van der Waals surface area contributed by atoms with Gasteiger partial charge in [-0.25, -0.2) is 16.8 Å². The molecule has 44 heavy (non-hydrogen) atoms. The fourth-order valence-corrected chi connectivity index (χ4v) is 7.56. The Kier molecular flexibility index (Phi) is 9.43. The number of carbonyl (C=O) groups excluding carboxylic acids is 2. The Balaban J connectivity index is 1.78. The monoisotopic (exact) mass is 643 g/mol. The molecule has 0 bridgehead atoms. The van der Waals surface area contributed by atoms with Crippen molar-refractivity contribution in [3.63, 3.8) is 0 Å². The van der Waals surface area contributed by atoms with Gasteiger partial charge < -0.3 is 14.5 Å². The number of anilines is 1. The van der Waals surface area contributed by atoms with Crippen LogP contribution in [0.1, 0.15) is 48.9 Å². The van der Waals surface area contributed by atoms with Crippen molar-refractivity contribution in [1.82, 2.24) is 10.0 Å². The number of benzene rings is 2. The third-order valence-electron chi connectivity index (χ3n) is 7.73. The number of carbonyl (C=O) groups is 2. The Morgan fingerprint density at radius 3 is 2.32 bits per heavy atom. The van der Waals surface area contributed by atoms with Gasteiger partial charge in [0.1, 0.15) is 11.6 Å². The van der Waals surface area contributed by atoms with Crippen LogP contribution in [-0.4, -0.2) is 59.5 Å². The van der Waals surface area contributed by atoms with Gasteiger partial charge in [0.15, 0.2) is 10.6 Å². The molecule has 4 rings (SSSR count). The third kappa shape index (κ3) is 6.17. The van der Waals surface area contributed by atoms with Crippen molar-refractivity contribution in [2.24, 2.45) is 5.92 Å². The number of aryl methyl sites for hydroxylation is 1. The number of nitrogens with one attached hydrogen (secondary N) is 2. The number of nitrogens with zero attached hydrogens (tertiary/aromatic N) is 1. The molecule has 11 nitrogen and oxygen atoms in total. The van der Waals surface area contributed by atoms with Gasteiger partial charge >= 0.3 is 5.97 Å². The van der Waals surface area contributed by atoms with Crippen LogP contribution in [0.2, 0.25) is 0 Å². The molecule has 0 saturated heterocycles. The highest BCUT2D eigenvalue weighted by atomic mass is 32.2. The number of rotatable bonds is 11. The number of sulfonamides is 2. The molecule has 1 aromatic heterocycles. The molecule has 2 unspecified atom stereocenters. The molecule has 1 heterocycles. The molecule has 1 amide bonds. The van der Waals surface area contributed by atoms with Gasteiger partial charge in [-0.2, -0.15) is 4.72 Å². The van der Waals surface area contributed by atoms with E-state index in [0.717, 1.165) is 15.4 Å². The quantitative estimate of drug-likeness (QED) is 0.296. The summed E-state index contributed by atoms with van der Waals surface area (Å²) in [6.45, 7) is 6.47. The standard InChI is InChI=1S/C31H37N3O8S2/c1-7-43(37,38)34(5)24-14-11-15-25-26(24)21(4)28(42-25)29(35)32-31(44(39,40)33-27(20(2)3)30(36)41-6)18-16-23(17-19-31)22-12-9-8-10-13-22/h8-18,20,27,33H,7,19H2,1-6H3,(H,32,35). The molecule has 2 N–H and O–H groups in total. The SMILES string of the molecule is CCS(=O)(=O)N(C)c1cccc2oc(C(=O)NC3(S(=O)(=O)NC(C(=O)OC)C(C)C)C=CC(c4ccccc4)=CC3)c(C)c12. The summed E-state index contributed by atoms with van der Waals surface area (Å²) in [4.78, 5) is 24.4. The van der Waals surface area contributed by atoms with Crippen LogP contribution in [0.25, 0.3) is 16.5 Å². The first-order chi connectivity index (χ1) is 20.7. The van der Waals surface area contributed by atoms with Gasteiger partial charge in [0.2, 0.25) is 20.0 Å². The van der Waals surface area contributed by atoms with Crippen molar-refractivity contribution in [3.8, 4) is 0 Å². The molecule has 0 spiro atoms. The molecule has 2 aromatic carbocycles. The fraction of sp³-hybridized carbons (Fsp3) is 0.355. The maximum absolute atomic E-state index is 14.1. The van der Waals surface area contributed by atoms with Crippen LogP contribution in [0.5, 0.6) is 0 Å². The predicted octanol–water partition coefficient (Wildman–Crippen LogP) is 4.11. The zero-order valence-electron chi connectivity index (χ0n) is 25.4. The van der Waals surface area contributed by atoms with Crippen molar-refractivity contribution in [1.29, 1.82) is 0 Å². The van der Waals surface area contributed by atoms with Gasteiger partial charge in [0.05, 0.1) is 18.6 Å². The molecule has 3 aromatic rings. The topological polar surface area (TPSA) is 152 Å². The molecular formula is C31H37N3O8S2. The number of methoxy groups -OCH3 is 1. The Hall–Kier alpha value is -3.94. The minimum atomic E-state index is -4.48. The lowest BCUT2D eigenvalue weighted by atomic mass is 9.96. The largest absolute Gasteiger partial charge is 0.468 e. The van der Waals surface area contributed by atoms with E-state index in [-0.39, 0.29) is 23.5 Å². The van der Waals surface area contributed by atoms with Crippen LogP contribution in [0.15, 0.2) is 71.2 Å². The van der Waals surface area contributed by atoms with Crippen LogP contribution >= 0.6 is 0 Å². The summed E-state index contributed by atoms with van der Waals surface area (Å²) in [5.41, 5.74) is 2.52. The maximum atomic E-state index is 14.1. The van der Waals surface area contributed by atoms with Crippen molar-refractivity contribution in [2.75, 3.05) is 24.2 Å². The second-order valence-electron chi connectivity index (χ2n) is 10.8. The van der Waals surface area contributed by atoms with Crippen molar-refractivity contribution in [2.45, 2.75) is 45.0 Å². The van der Waals surface area contributed by atoms with Crippen LogP contribution < -0.4 is 14.3 Å². The first-order valence-corrected chi connectivity index (χ1v) is 17.1.